The highest BCUT2D eigenvalue weighted by molar-refractivity contribution is 7.46. The van der Waals surface area contributed by atoms with Gasteiger partial charge in [0.2, 0.25) is 11.6 Å². The number of carbonyl (C=O) groups excluding carboxylic acids is 2. The fourth-order valence-electron chi connectivity index (χ4n) is 4.07. The Morgan fingerprint density at radius 2 is 1.33 bits per heavy atom. The van der Waals surface area contributed by atoms with Crippen LogP contribution in [0.15, 0.2) is 41.4 Å². The summed E-state index contributed by atoms with van der Waals surface area (Å²) in [7, 11) is -4.54. The van der Waals surface area contributed by atoms with Gasteiger partial charge in [0, 0.05) is 50.9 Å². The zero-order valence-corrected chi connectivity index (χ0v) is 22.8. The predicted octanol–water partition coefficient (Wildman–Crippen LogP) is 2.93. The maximum absolute atomic E-state index is 12.4. The van der Waals surface area contributed by atoms with Crippen molar-refractivity contribution >= 4 is 19.4 Å². The zero-order chi connectivity index (χ0) is 26.6. The van der Waals surface area contributed by atoms with Crippen molar-refractivity contribution in [1.82, 2.24) is 14.7 Å². The molecule has 5 rings (SSSR count). The predicted molar refractivity (Wildman–Crippen MR) is 136 cm³/mol. The van der Waals surface area contributed by atoms with Crippen molar-refractivity contribution < 1.29 is 28.5 Å². The fourth-order valence-corrected chi connectivity index (χ4v) is 4.48. The smallest absolute Gasteiger partial charge is 0.404 e. The molecule has 0 saturated carbocycles. The highest BCUT2D eigenvalue weighted by atomic mass is 31.2. The van der Waals surface area contributed by atoms with Crippen LogP contribution in [0.1, 0.15) is 52.7 Å². The molecule has 3 fully saturated rings. The molecule has 2 N–H and O–H groups in total. The van der Waals surface area contributed by atoms with E-state index in [0.717, 1.165) is 50.4 Å². The van der Waals surface area contributed by atoms with E-state index in [1.54, 1.807) is 6.07 Å². The molecule has 3 saturated heterocycles. The number of rotatable bonds is 5. The average molecular weight is 518 g/mol. The Hall–Kier alpha value is -2.61. The number of allylic oxidation sites excluding steroid dienone is 1. The first kappa shape index (κ1) is 26.5. The van der Waals surface area contributed by atoms with E-state index in [4.69, 9.17) is 14.3 Å². The molecule has 4 aliphatic rings. The van der Waals surface area contributed by atoms with E-state index in [9.17, 15) is 14.2 Å². The van der Waals surface area contributed by atoms with E-state index in [2.05, 4.69) is 20.8 Å². The van der Waals surface area contributed by atoms with Gasteiger partial charge in [-0.25, -0.2) is 4.57 Å². The van der Waals surface area contributed by atoms with Crippen LogP contribution in [-0.4, -0.2) is 75.3 Å². The summed E-state index contributed by atoms with van der Waals surface area (Å²) in [5, 5.41) is 0. The molecule has 36 heavy (non-hydrogen) atoms. The first-order chi connectivity index (χ1) is 16.6. The van der Waals surface area contributed by atoms with Gasteiger partial charge in [-0.05, 0) is 22.5 Å². The molecule has 0 radical (unpaired) electrons. The van der Waals surface area contributed by atoms with Gasteiger partial charge in [-0.2, -0.15) is 0 Å². The summed E-state index contributed by atoms with van der Waals surface area (Å²) in [6.45, 7) is 17.7. The van der Waals surface area contributed by atoms with E-state index in [-0.39, 0.29) is 28.1 Å². The van der Waals surface area contributed by atoms with Crippen LogP contribution in [-0.2, 0) is 25.0 Å². The molecule has 0 spiro atoms. The van der Waals surface area contributed by atoms with Crippen molar-refractivity contribution in [2.45, 2.75) is 52.4 Å². The van der Waals surface area contributed by atoms with Crippen molar-refractivity contribution in [1.29, 1.82) is 0 Å². The second-order valence-corrected chi connectivity index (χ2v) is 12.8. The van der Waals surface area contributed by atoms with Crippen LogP contribution in [0, 0.1) is 0 Å². The Bertz CT molecular complexity index is 1190. The second kappa shape index (κ2) is 9.05. The third kappa shape index (κ3) is 6.20. The van der Waals surface area contributed by atoms with Gasteiger partial charge < -0.3 is 19.2 Å². The Kier molecular flexibility index (Phi) is 6.65. The second-order valence-electron chi connectivity index (χ2n) is 11.7. The number of ketones is 2. The van der Waals surface area contributed by atoms with Crippen molar-refractivity contribution in [2.75, 3.05) is 39.3 Å². The number of nitrogens with zero attached hydrogens (tertiary/aromatic N) is 3. The quantitative estimate of drug-likeness (QED) is 0.346. The third-order valence-electron chi connectivity index (χ3n) is 6.36. The van der Waals surface area contributed by atoms with Crippen molar-refractivity contribution in [3.8, 4) is 5.75 Å². The molecular weight excluding hydrogens is 481 g/mol. The topological polar surface area (TPSA) is 110 Å². The molecule has 3 aliphatic heterocycles. The Morgan fingerprint density at radius 3 is 1.78 bits per heavy atom. The lowest BCUT2D eigenvalue weighted by molar-refractivity contribution is -0.117. The molecule has 1 aromatic carbocycles. The monoisotopic (exact) mass is 517 g/mol. The van der Waals surface area contributed by atoms with E-state index in [1.807, 2.05) is 47.6 Å². The normalized spacial score (nSPS) is 19.7. The van der Waals surface area contributed by atoms with Crippen LogP contribution >= 0.6 is 7.82 Å². The lowest BCUT2D eigenvalue weighted by atomic mass is 9.80. The Balaban J connectivity index is 0.000000169. The summed E-state index contributed by atoms with van der Waals surface area (Å²) in [4.78, 5) is 48.4. The van der Waals surface area contributed by atoms with E-state index >= 15 is 0 Å². The van der Waals surface area contributed by atoms with Gasteiger partial charge in [0.05, 0.1) is 5.70 Å². The number of phosphoric ester groups is 1. The van der Waals surface area contributed by atoms with Crippen LogP contribution in [0.2, 0.25) is 0 Å². The number of phosphoric acid groups is 1. The lowest BCUT2D eigenvalue weighted by Gasteiger charge is -2.27. The standard InChI is InChI=1S/C14H23O4P.C12H13N3O2/c1-13(2,3)10-7-8-12(18-19(15,16)17)11(9-10)14(4,5)6;16-9-7-8(13-1-2-13)12(17)11(15-5-6-15)10(9)14-3-4-14/h7-9H,1-6H3,(H2,15,16,17);7H,1-6H2. The minimum absolute atomic E-state index is 0.00546. The first-order valence-corrected chi connectivity index (χ1v) is 13.8. The maximum Gasteiger partial charge on any atom is 0.524 e. The van der Waals surface area contributed by atoms with Gasteiger partial charge in [0.1, 0.15) is 17.1 Å². The van der Waals surface area contributed by atoms with Crippen molar-refractivity contribution in [3.63, 3.8) is 0 Å². The summed E-state index contributed by atoms with van der Waals surface area (Å²) in [6.07, 6.45) is 1.52. The van der Waals surface area contributed by atoms with Gasteiger partial charge in [-0.3, -0.25) is 19.4 Å². The lowest BCUT2D eigenvalue weighted by Crippen LogP contribution is -2.29. The molecule has 0 aromatic heterocycles. The molecule has 1 aromatic rings. The van der Waals surface area contributed by atoms with Gasteiger partial charge in [-0.15, -0.1) is 0 Å². The molecule has 9 nitrogen and oxygen atoms in total. The van der Waals surface area contributed by atoms with E-state index in [1.165, 1.54) is 6.08 Å². The minimum Gasteiger partial charge on any atom is -0.404 e. The minimum atomic E-state index is -4.54. The van der Waals surface area contributed by atoms with E-state index in [0.29, 0.717) is 17.1 Å². The first-order valence-electron chi connectivity index (χ1n) is 12.3. The van der Waals surface area contributed by atoms with Crippen LogP contribution in [0.5, 0.6) is 5.75 Å². The van der Waals surface area contributed by atoms with Gasteiger partial charge >= 0.3 is 7.82 Å². The number of benzene rings is 1. The molecule has 3 heterocycles. The molecule has 0 bridgehead atoms. The summed E-state index contributed by atoms with van der Waals surface area (Å²) >= 11 is 0. The number of hydrogen-bond donors (Lipinski definition) is 2. The van der Waals surface area contributed by atoms with Crippen molar-refractivity contribution in [3.05, 3.63) is 52.5 Å². The van der Waals surface area contributed by atoms with Crippen LogP contribution in [0.3, 0.4) is 0 Å². The number of hydrogen-bond acceptors (Lipinski definition) is 7. The fraction of sp³-hybridized carbons (Fsp3) is 0.538. The maximum atomic E-state index is 12.4. The van der Waals surface area contributed by atoms with Crippen molar-refractivity contribution in [2.24, 2.45) is 0 Å². The molecule has 10 heteroatoms. The molecular formula is C26H36N3O6P. The average Bonchev–Trinajstić information content (AvgIpc) is 3.59. The highest BCUT2D eigenvalue weighted by Gasteiger charge is 2.43. The van der Waals surface area contributed by atoms with Crippen LogP contribution < -0.4 is 4.52 Å². The third-order valence-corrected chi connectivity index (χ3v) is 6.79. The van der Waals surface area contributed by atoms with Gasteiger partial charge in [-0.1, -0.05) is 53.7 Å². The number of Topliss-reactive ketones (excluding diaryl/α,β-unsaturated/α-hetero) is 1. The van der Waals surface area contributed by atoms with Gasteiger partial charge in [0.25, 0.3) is 0 Å². The largest absolute Gasteiger partial charge is 0.524 e. The van der Waals surface area contributed by atoms with E-state index < -0.39 is 7.82 Å². The van der Waals surface area contributed by atoms with Crippen LogP contribution in [0.25, 0.3) is 0 Å². The van der Waals surface area contributed by atoms with Gasteiger partial charge in [0.15, 0.2) is 0 Å². The summed E-state index contributed by atoms with van der Waals surface area (Å²) in [5.41, 5.74) is 3.50. The Morgan fingerprint density at radius 1 is 0.806 bits per heavy atom. The number of carbonyl (C=O) groups is 2. The molecule has 0 unspecified atom stereocenters. The molecule has 0 atom stereocenters. The molecule has 1 aliphatic carbocycles. The zero-order valence-electron chi connectivity index (χ0n) is 21.9. The van der Waals surface area contributed by atoms with Crippen LogP contribution in [0.4, 0.5) is 0 Å². The Labute approximate surface area is 212 Å². The summed E-state index contributed by atoms with van der Waals surface area (Å²) < 4.78 is 15.8. The molecule has 0 amide bonds. The highest BCUT2D eigenvalue weighted by Crippen LogP contribution is 2.43. The summed E-state index contributed by atoms with van der Waals surface area (Å²) in [5.74, 6) is 0.293. The SMILES string of the molecule is CC(C)(C)c1ccc(OP(=O)(O)O)c(C(C)(C)C)c1.O=C1C=C(N2CC2)C(=O)C(N2CC2)=C1N1CC1. The molecule has 196 valence electrons. The summed E-state index contributed by atoms with van der Waals surface area (Å²) in [6, 6.07) is 5.45.